The molecule has 0 spiro atoms. The van der Waals surface area contributed by atoms with E-state index in [2.05, 4.69) is 0 Å². The average molecular weight is 202 g/mol. The SMILES string of the molecule is CC(=O)O.O=[As](O)(O)O. The first kappa shape index (κ1) is 11.5. The molecule has 7 heteroatoms. The van der Waals surface area contributed by atoms with E-state index in [1.165, 1.54) is 0 Å². The van der Waals surface area contributed by atoms with Crippen LogP contribution in [0.4, 0.5) is 0 Å². The van der Waals surface area contributed by atoms with Gasteiger partial charge in [0.15, 0.2) is 0 Å². The minimum atomic E-state index is -5.12. The molecule has 0 radical (unpaired) electrons. The van der Waals surface area contributed by atoms with Crippen LogP contribution in [-0.4, -0.2) is 37.9 Å². The molecule has 6 nitrogen and oxygen atoms in total. The van der Waals surface area contributed by atoms with Gasteiger partial charge in [0.25, 0.3) is 5.97 Å². The molecule has 0 rings (SSSR count). The Balaban J connectivity index is 0. The summed E-state index contributed by atoms with van der Waals surface area (Å²) in [4.78, 5) is 9.00. The number of rotatable bonds is 0. The summed E-state index contributed by atoms with van der Waals surface area (Å²) < 4.78 is 30.7. The van der Waals surface area contributed by atoms with Crippen LogP contribution >= 0.6 is 0 Å². The molecule has 0 saturated carbocycles. The van der Waals surface area contributed by atoms with Crippen LogP contribution in [-0.2, 0) is 8.53 Å². The zero-order valence-corrected chi connectivity index (χ0v) is 6.43. The molecule has 4 N–H and O–H groups in total. The van der Waals surface area contributed by atoms with E-state index in [1.807, 2.05) is 0 Å². The Morgan fingerprint density at radius 1 is 1.33 bits per heavy atom. The molecule has 0 atom stereocenters. The van der Waals surface area contributed by atoms with Crippen LogP contribution in [0.5, 0.6) is 0 Å². The van der Waals surface area contributed by atoms with Crippen molar-refractivity contribution in [3.63, 3.8) is 0 Å². The summed E-state index contributed by atoms with van der Waals surface area (Å²) in [5, 5.41) is 7.42. The van der Waals surface area contributed by atoms with Crippen LogP contribution in [0.25, 0.3) is 0 Å². The number of aliphatic carboxylic acids is 1. The molecule has 0 aliphatic rings. The summed E-state index contributed by atoms with van der Waals surface area (Å²) in [5.41, 5.74) is 0. The summed E-state index contributed by atoms with van der Waals surface area (Å²) in [5.74, 6) is -0.833. The Bertz CT molecular complexity index is 111. The number of carbonyl (C=O) groups is 1. The molecule has 0 heterocycles. The Hall–Kier alpha value is -0.292. The predicted molar refractivity (Wildman–Crippen MR) is 26.4 cm³/mol. The monoisotopic (exact) mass is 202 g/mol. The summed E-state index contributed by atoms with van der Waals surface area (Å²) in [6.07, 6.45) is 0. The molecular weight excluding hydrogens is 195 g/mol. The van der Waals surface area contributed by atoms with Crippen molar-refractivity contribution in [2.45, 2.75) is 6.92 Å². The standard InChI is InChI=1S/C2H4O2.AsH3O4/c1-2(3)4;2-1(3,4)5/h1H3,(H,3,4);(H3,2,3,4,5). The first-order valence-corrected chi connectivity index (χ1v) is 4.99. The second-order valence-corrected chi connectivity index (χ2v) is 3.19. The number of hydrogen-bond donors (Lipinski definition) is 4. The minimum absolute atomic E-state index is 0.833. The summed E-state index contributed by atoms with van der Waals surface area (Å²) in [6.45, 7) is 1.08. The van der Waals surface area contributed by atoms with E-state index in [0.717, 1.165) is 6.92 Å². The van der Waals surface area contributed by atoms with Crippen molar-refractivity contribution in [3.8, 4) is 0 Å². The van der Waals surface area contributed by atoms with Gasteiger partial charge in [-0.05, 0) is 0 Å². The van der Waals surface area contributed by atoms with Crippen molar-refractivity contribution in [2.75, 3.05) is 0 Å². The zero-order valence-electron chi connectivity index (χ0n) is 4.55. The van der Waals surface area contributed by atoms with Gasteiger partial charge in [-0.2, -0.15) is 0 Å². The molecule has 0 aromatic heterocycles. The van der Waals surface area contributed by atoms with Crippen LogP contribution in [0.3, 0.4) is 0 Å². The molecule has 0 aliphatic heterocycles. The second kappa shape index (κ2) is 4.57. The van der Waals surface area contributed by atoms with Gasteiger partial charge >= 0.3 is 30.5 Å². The maximum absolute atomic E-state index is 9.00. The average Bonchev–Trinajstić information content (AvgIpc) is 1.19. The molecule has 0 unspecified atom stereocenters. The molecule has 0 fully saturated rings. The van der Waals surface area contributed by atoms with E-state index in [-0.39, 0.29) is 0 Å². The van der Waals surface area contributed by atoms with Gasteiger partial charge in [0.1, 0.15) is 0 Å². The predicted octanol–water partition coefficient (Wildman–Crippen LogP) is -2.08. The summed E-state index contributed by atoms with van der Waals surface area (Å²) in [6, 6.07) is 0. The molecule has 0 bridgehead atoms. The van der Waals surface area contributed by atoms with Crippen molar-refractivity contribution in [1.29, 1.82) is 0 Å². The molecule has 0 saturated heterocycles. The van der Waals surface area contributed by atoms with Gasteiger partial charge in [0.2, 0.25) is 0 Å². The van der Waals surface area contributed by atoms with Gasteiger partial charge in [0, 0.05) is 6.92 Å². The Morgan fingerprint density at radius 3 is 1.33 bits per heavy atom. The third kappa shape index (κ3) is 2950. The number of carboxylic acids is 1. The van der Waals surface area contributed by atoms with Gasteiger partial charge in [-0.1, -0.05) is 0 Å². The first-order valence-electron chi connectivity index (χ1n) is 1.71. The molecule has 56 valence electrons. The van der Waals surface area contributed by atoms with E-state index in [1.54, 1.807) is 0 Å². The van der Waals surface area contributed by atoms with Crippen LogP contribution in [0, 0.1) is 0 Å². The van der Waals surface area contributed by atoms with Crippen LogP contribution < -0.4 is 0 Å². The van der Waals surface area contributed by atoms with E-state index in [4.69, 9.17) is 25.9 Å². The second-order valence-electron chi connectivity index (χ2n) is 1.03. The normalized spacial score (nSPS) is 9.33. The van der Waals surface area contributed by atoms with E-state index < -0.39 is 20.5 Å². The Morgan fingerprint density at radius 2 is 1.33 bits per heavy atom. The van der Waals surface area contributed by atoms with Crippen molar-refractivity contribution < 1.29 is 25.9 Å². The van der Waals surface area contributed by atoms with Gasteiger partial charge in [-0.15, -0.1) is 0 Å². The molecule has 0 aromatic carbocycles. The van der Waals surface area contributed by atoms with Crippen LogP contribution in [0.2, 0.25) is 0 Å². The van der Waals surface area contributed by atoms with Crippen molar-refractivity contribution in [1.82, 2.24) is 0 Å². The summed E-state index contributed by atoms with van der Waals surface area (Å²) >= 11 is -5.12. The molecule has 9 heavy (non-hydrogen) atoms. The fourth-order valence-electron chi connectivity index (χ4n) is 0. The zero-order chi connectivity index (χ0) is 8.08. The van der Waals surface area contributed by atoms with Crippen molar-refractivity contribution in [3.05, 3.63) is 0 Å². The fraction of sp³-hybridized carbons (Fsp3) is 0.500. The first-order chi connectivity index (χ1) is 3.73. The molecular formula is C2H7AsO6. The third-order valence-electron chi connectivity index (χ3n) is 0. The van der Waals surface area contributed by atoms with Gasteiger partial charge in [-0.3, -0.25) is 4.79 Å². The van der Waals surface area contributed by atoms with Gasteiger partial charge in [0.05, 0.1) is 0 Å². The van der Waals surface area contributed by atoms with E-state index in [0.29, 0.717) is 0 Å². The fourth-order valence-corrected chi connectivity index (χ4v) is 0. The summed E-state index contributed by atoms with van der Waals surface area (Å²) in [7, 11) is 0. The number of carboxylic acid groups (broad SMARTS) is 1. The van der Waals surface area contributed by atoms with E-state index in [9.17, 15) is 0 Å². The Kier molecular flexibility index (Phi) is 5.84. The number of hydrogen-bond acceptors (Lipinski definition) is 2. The van der Waals surface area contributed by atoms with E-state index >= 15 is 0 Å². The topological polar surface area (TPSA) is 115 Å². The Labute approximate surface area is 54.1 Å². The van der Waals surface area contributed by atoms with Crippen molar-refractivity contribution in [2.24, 2.45) is 0 Å². The quantitative estimate of drug-likeness (QED) is 0.335. The maximum atomic E-state index is 9.00. The molecule has 0 aliphatic carbocycles. The van der Waals surface area contributed by atoms with Gasteiger partial charge in [-0.25, -0.2) is 0 Å². The van der Waals surface area contributed by atoms with Gasteiger partial charge < -0.3 is 5.11 Å². The third-order valence-corrected chi connectivity index (χ3v) is 0. The molecule has 0 amide bonds. The van der Waals surface area contributed by atoms with Crippen LogP contribution in [0.1, 0.15) is 6.92 Å². The van der Waals surface area contributed by atoms with Crippen LogP contribution in [0.15, 0.2) is 0 Å². The molecule has 0 aromatic rings. The van der Waals surface area contributed by atoms with Crippen molar-refractivity contribution >= 4 is 20.5 Å².